The first-order chi connectivity index (χ1) is 15.6. The van der Waals surface area contributed by atoms with Crippen molar-refractivity contribution in [3.05, 3.63) is 72.3 Å². The quantitative estimate of drug-likeness (QED) is 0.212. The van der Waals surface area contributed by atoms with Gasteiger partial charge in [0.05, 0.1) is 6.10 Å². The van der Waals surface area contributed by atoms with Crippen LogP contribution in [0, 0.1) is 5.92 Å². The molecule has 0 saturated heterocycles. The van der Waals surface area contributed by atoms with Crippen LogP contribution < -0.4 is 0 Å². The molecule has 174 valence electrons. The fourth-order valence-electron chi connectivity index (χ4n) is 4.21. The maximum absolute atomic E-state index is 11.0. The molecular weight excluding hydrogens is 392 g/mol. The lowest BCUT2D eigenvalue weighted by atomic mass is 10.00. The molecule has 2 aromatic carbocycles. The number of unbranched alkanes of at least 4 members (excludes halogenated alkanes) is 2. The SMILES string of the molecule is C(=C\C1CCCC1)/CCCc1cccc2ccccc12.C/C=C\CCCC(=O)OC(C)C. The molecule has 2 heteroatoms. The molecule has 0 aromatic heterocycles. The third-order valence-electron chi connectivity index (χ3n) is 5.86. The molecule has 0 heterocycles. The number of hydrogen-bond donors (Lipinski definition) is 0. The van der Waals surface area contributed by atoms with Gasteiger partial charge in [0.15, 0.2) is 0 Å². The number of fused-ring (bicyclic) bond motifs is 1. The Morgan fingerprint density at radius 2 is 1.72 bits per heavy atom. The van der Waals surface area contributed by atoms with Crippen LogP contribution in [0.5, 0.6) is 0 Å². The Balaban J connectivity index is 0.000000262. The van der Waals surface area contributed by atoms with Crippen molar-refractivity contribution >= 4 is 16.7 Å². The monoisotopic (exact) mass is 434 g/mol. The first kappa shape index (κ1) is 25.9. The van der Waals surface area contributed by atoms with Crippen LogP contribution in [-0.2, 0) is 16.0 Å². The van der Waals surface area contributed by atoms with Gasteiger partial charge >= 0.3 is 5.97 Å². The highest BCUT2D eigenvalue weighted by atomic mass is 16.5. The number of esters is 1. The summed E-state index contributed by atoms with van der Waals surface area (Å²) in [5.74, 6) is 0.794. The van der Waals surface area contributed by atoms with Crippen molar-refractivity contribution in [2.75, 3.05) is 0 Å². The van der Waals surface area contributed by atoms with Crippen molar-refractivity contribution in [2.24, 2.45) is 5.92 Å². The minimum absolute atomic E-state index is 0.0132. The molecule has 0 N–H and O–H groups in total. The first-order valence-electron chi connectivity index (χ1n) is 12.5. The second-order valence-corrected chi connectivity index (χ2v) is 9.00. The summed E-state index contributed by atoms with van der Waals surface area (Å²) in [7, 11) is 0. The van der Waals surface area contributed by atoms with E-state index in [1.54, 1.807) is 0 Å². The van der Waals surface area contributed by atoms with Crippen molar-refractivity contribution < 1.29 is 9.53 Å². The van der Waals surface area contributed by atoms with E-state index in [-0.39, 0.29) is 12.1 Å². The van der Waals surface area contributed by atoms with Crippen LogP contribution >= 0.6 is 0 Å². The number of ether oxygens (including phenoxy) is 1. The third-order valence-corrected chi connectivity index (χ3v) is 5.86. The maximum atomic E-state index is 11.0. The van der Waals surface area contributed by atoms with Gasteiger partial charge in [0, 0.05) is 6.42 Å². The molecule has 0 atom stereocenters. The van der Waals surface area contributed by atoms with E-state index in [0.717, 1.165) is 18.8 Å². The number of rotatable bonds is 10. The van der Waals surface area contributed by atoms with E-state index in [1.807, 2.05) is 26.8 Å². The summed E-state index contributed by atoms with van der Waals surface area (Å²) in [6.45, 7) is 5.71. The lowest BCUT2D eigenvalue weighted by Gasteiger charge is -2.06. The van der Waals surface area contributed by atoms with Crippen LogP contribution in [-0.4, -0.2) is 12.1 Å². The van der Waals surface area contributed by atoms with E-state index in [1.165, 1.54) is 61.3 Å². The van der Waals surface area contributed by atoms with E-state index in [4.69, 9.17) is 4.74 Å². The van der Waals surface area contributed by atoms with E-state index in [0.29, 0.717) is 6.42 Å². The Labute approximate surface area is 195 Å². The van der Waals surface area contributed by atoms with Gasteiger partial charge < -0.3 is 4.74 Å². The number of carbonyl (C=O) groups is 1. The van der Waals surface area contributed by atoms with Crippen LogP contribution in [0.15, 0.2) is 66.8 Å². The highest BCUT2D eigenvalue weighted by Gasteiger charge is 2.10. The molecule has 32 heavy (non-hydrogen) atoms. The van der Waals surface area contributed by atoms with Crippen LogP contribution in [0.1, 0.15) is 84.1 Å². The summed E-state index contributed by atoms with van der Waals surface area (Å²) in [6.07, 6.45) is 20.7. The maximum Gasteiger partial charge on any atom is 0.306 e. The molecule has 1 aliphatic rings. The summed E-state index contributed by atoms with van der Waals surface area (Å²) in [5, 5.41) is 2.79. The zero-order chi connectivity index (χ0) is 23.0. The van der Waals surface area contributed by atoms with Crippen molar-refractivity contribution in [1.29, 1.82) is 0 Å². The van der Waals surface area contributed by atoms with Crippen LogP contribution in [0.2, 0.25) is 0 Å². The molecule has 0 amide bonds. The lowest BCUT2D eigenvalue weighted by Crippen LogP contribution is -2.10. The minimum Gasteiger partial charge on any atom is -0.463 e. The molecule has 2 aromatic rings. The molecule has 0 unspecified atom stereocenters. The van der Waals surface area contributed by atoms with E-state index < -0.39 is 0 Å². The van der Waals surface area contributed by atoms with Crippen molar-refractivity contribution in [3.63, 3.8) is 0 Å². The summed E-state index contributed by atoms with van der Waals surface area (Å²) in [6, 6.07) is 15.4. The average Bonchev–Trinajstić information content (AvgIpc) is 3.30. The molecule has 0 radical (unpaired) electrons. The molecule has 1 fully saturated rings. The van der Waals surface area contributed by atoms with Crippen molar-refractivity contribution in [1.82, 2.24) is 0 Å². The van der Waals surface area contributed by atoms with Gasteiger partial charge in [-0.15, -0.1) is 0 Å². The standard InChI is InChI=1S/C20H24.C10H18O2/c1(2-9-17-10-4-5-11-17)3-12-18-14-8-15-19-13-6-7-16-20(18)19;1-4-5-6-7-8-10(11)12-9(2)3/h2,6-9,13-17H,1,3-5,10-12H2;4-5,9H,6-8H2,1-3H3/b9-2+;5-4-. The zero-order valence-corrected chi connectivity index (χ0v) is 20.4. The Hall–Kier alpha value is -2.35. The Bertz CT molecular complexity index is 836. The molecule has 2 nitrogen and oxygen atoms in total. The second-order valence-electron chi connectivity index (χ2n) is 9.00. The smallest absolute Gasteiger partial charge is 0.306 e. The fourth-order valence-corrected chi connectivity index (χ4v) is 4.21. The Kier molecular flexibility index (Phi) is 12.5. The predicted octanol–water partition coefficient (Wildman–Crippen LogP) is 8.59. The first-order valence-corrected chi connectivity index (χ1v) is 12.5. The zero-order valence-electron chi connectivity index (χ0n) is 20.4. The Morgan fingerprint density at radius 1 is 1.00 bits per heavy atom. The van der Waals surface area contributed by atoms with Crippen molar-refractivity contribution in [2.45, 2.75) is 91.1 Å². The second kappa shape index (κ2) is 15.5. The molecule has 0 bridgehead atoms. The van der Waals surface area contributed by atoms with Crippen LogP contribution in [0.25, 0.3) is 10.8 Å². The number of hydrogen-bond acceptors (Lipinski definition) is 2. The van der Waals surface area contributed by atoms with Crippen LogP contribution in [0.4, 0.5) is 0 Å². The van der Waals surface area contributed by atoms with E-state index in [9.17, 15) is 4.79 Å². The van der Waals surface area contributed by atoms with Gasteiger partial charge in [0.25, 0.3) is 0 Å². The Morgan fingerprint density at radius 3 is 2.47 bits per heavy atom. The summed E-state index contributed by atoms with van der Waals surface area (Å²) < 4.78 is 4.97. The predicted molar refractivity (Wildman–Crippen MR) is 138 cm³/mol. The highest BCUT2D eigenvalue weighted by Crippen LogP contribution is 2.26. The molecule has 3 rings (SSSR count). The molecule has 1 aliphatic carbocycles. The minimum atomic E-state index is -0.0884. The largest absolute Gasteiger partial charge is 0.463 e. The van der Waals surface area contributed by atoms with Gasteiger partial charge in [-0.2, -0.15) is 0 Å². The van der Waals surface area contributed by atoms with Gasteiger partial charge in [-0.3, -0.25) is 4.79 Å². The normalized spacial score (nSPS) is 14.4. The fraction of sp³-hybridized carbons (Fsp3) is 0.500. The van der Waals surface area contributed by atoms with E-state index in [2.05, 4.69) is 60.7 Å². The molecule has 0 spiro atoms. The van der Waals surface area contributed by atoms with Crippen LogP contribution in [0.3, 0.4) is 0 Å². The summed E-state index contributed by atoms with van der Waals surface area (Å²) in [5.41, 5.74) is 1.50. The number of carbonyl (C=O) groups excluding carboxylic acids is 1. The molecule has 0 aliphatic heterocycles. The number of allylic oxidation sites excluding steroid dienone is 4. The molecule has 1 saturated carbocycles. The van der Waals surface area contributed by atoms with Gasteiger partial charge in [0.1, 0.15) is 0 Å². The summed E-state index contributed by atoms with van der Waals surface area (Å²) in [4.78, 5) is 11.0. The van der Waals surface area contributed by atoms with Crippen molar-refractivity contribution in [3.8, 4) is 0 Å². The van der Waals surface area contributed by atoms with Gasteiger partial charge in [0.2, 0.25) is 0 Å². The topological polar surface area (TPSA) is 26.3 Å². The summed E-state index contributed by atoms with van der Waals surface area (Å²) >= 11 is 0. The highest BCUT2D eigenvalue weighted by molar-refractivity contribution is 5.85. The number of benzene rings is 2. The average molecular weight is 435 g/mol. The lowest BCUT2D eigenvalue weighted by molar-refractivity contribution is -0.147. The third kappa shape index (κ3) is 10.3. The molecular formula is C30H42O2. The number of aryl methyl sites for hydroxylation is 1. The van der Waals surface area contributed by atoms with Gasteiger partial charge in [-0.25, -0.2) is 0 Å². The van der Waals surface area contributed by atoms with E-state index >= 15 is 0 Å². The van der Waals surface area contributed by atoms with Gasteiger partial charge in [-0.1, -0.05) is 79.6 Å². The van der Waals surface area contributed by atoms with Gasteiger partial charge in [-0.05, 0) is 88.0 Å².